The number of piperazine rings is 1. The van der Waals surface area contributed by atoms with Gasteiger partial charge in [-0.3, -0.25) is 9.69 Å². The molecule has 2 aromatic carbocycles. The van der Waals surface area contributed by atoms with E-state index in [1.54, 1.807) is 43.3 Å². The number of H-pyrrole nitrogens is 1. The van der Waals surface area contributed by atoms with E-state index in [2.05, 4.69) is 14.9 Å². The third-order valence-electron chi connectivity index (χ3n) is 6.07. The molecule has 0 bridgehead atoms. The molecule has 0 spiro atoms. The molecule has 1 amide bonds. The van der Waals surface area contributed by atoms with Gasteiger partial charge in [0.2, 0.25) is 0 Å². The van der Waals surface area contributed by atoms with E-state index >= 15 is 0 Å². The number of aromatic hydroxyl groups is 1. The minimum Gasteiger partial charge on any atom is -0.508 e. The Labute approximate surface area is 198 Å². The van der Waals surface area contributed by atoms with E-state index in [0.29, 0.717) is 54.4 Å². The van der Waals surface area contributed by atoms with E-state index in [1.807, 2.05) is 24.0 Å². The highest BCUT2D eigenvalue weighted by Gasteiger charge is 2.22. The second kappa shape index (κ2) is 10.6. The van der Waals surface area contributed by atoms with E-state index in [1.165, 1.54) is 0 Å². The number of hydrogen-bond acceptors (Lipinski definition) is 6. The molecule has 0 aliphatic carbocycles. The van der Waals surface area contributed by atoms with Crippen molar-refractivity contribution in [1.29, 1.82) is 0 Å². The van der Waals surface area contributed by atoms with Crippen LogP contribution in [0.4, 0.5) is 0 Å². The smallest absolute Gasteiger partial charge is 0.345 e. The van der Waals surface area contributed by atoms with Crippen LogP contribution in [0, 0.1) is 6.92 Å². The predicted octanol–water partition coefficient (Wildman–Crippen LogP) is 2.91. The molecule has 0 unspecified atom stereocenters. The fraction of sp³-hybridized carbons (Fsp3) is 0.346. The van der Waals surface area contributed by atoms with E-state index in [0.717, 1.165) is 25.2 Å². The minimum absolute atomic E-state index is 0.0227. The standard InChI is InChI=1S/C26H30N4O4/c1-3-34-14-13-29-9-11-30(12-10-29)25(32)21-6-4-5-19(16-21)22-17-23(28-26(33)27-22)20-7-8-24(31)18(2)15-20/h4-8,15-17,31H,3,9-14H2,1-2H3,(H,27,28,33). The van der Waals surface area contributed by atoms with Crippen LogP contribution in [-0.2, 0) is 4.74 Å². The number of amides is 1. The van der Waals surface area contributed by atoms with Gasteiger partial charge in [0.15, 0.2) is 0 Å². The first kappa shape index (κ1) is 23.7. The molecule has 3 aromatic rings. The Morgan fingerprint density at radius 3 is 2.62 bits per heavy atom. The van der Waals surface area contributed by atoms with E-state index in [4.69, 9.17) is 4.74 Å². The van der Waals surface area contributed by atoms with Crippen LogP contribution in [0.2, 0.25) is 0 Å². The van der Waals surface area contributed by atoms with Crippen LogP contribution in [0.25, 0.3) is 22.5 Å². The highest BCUT2D eigenvalue weighted by atomic mass is 16.5. The number of carbonyl (C=O) groups is 1. The van der Waals surface area contributed by atoms with Crippen molar-refractivity contribution < 1.29 is 14.6 Å². The van der Waals surface area contributed by atoms with Crippen molar-refractivity contribution in [3.05, 3.63) is 70.1 Å². The highest BCUT2D eigenvalue weighted by molar-refractivity contribution is 5.95. The molecule has 0 saturated carbocycles. The van der Waals surface area contributed by atoms with Gasteiger partial charge in [-0.2, -0.15) is 4.98 Å². The van der Waals surface area contributed by atoms with Crippen LogP contribution in [0.1, 0.15) is 22.8 Å². The van der Waals surface area contributed by atoms with Crippen molar-refractivity contribution in [3.63, 3.8) is 0 Å². The zero-order chi connectivity index (χ0) is 24.1. The van der Waals surface area contributed by atoms with Crippen molar-refractivity contribution in [2.75, 3.05) is 45.9 Å². The summed E-state index contributed by atoms with van der Waals surface area (Å²) in [6.07, 6.45) is 0. The molecule has 1 aliphatic rings. The average molecular weight is 463 g/mol. The first-order chi connectivity index (χ1) is 16.4. The molecule has 1 fully saturated rings. The number of rotatable bonds is 7. The van der Waals surface area contributed by atoms with Crippen LogP contribution >= 0.6 is 0 Å². The zero-order valence-corrected chi connectivity index (χ0v) is 19.6. The molecular formula is C26H30N4O4. The second-order valence-corrected chi connectivity index (χ2v) is 8.40. The molecule has 1 saturated heterocycles. The summed E-state index contributed by atoms with van der Waals surface area (Å²) in [5.74, 6) is 0.173. The number of aromatic amines is 1. The highest BCUT2D eigenvalue weighted by Crippen LogP contribution is 2.26. The lowest BCUT2D eigenvalue weighted by atomic mass is 10.0. The van der Waals surface area contributed by atoms with Gasteiger partial charge < -0.3 is 19.7 Å². The van der Waals surface area contributed by atoms with Gasteiger partial charge >= 0.3 is 5.69 Å². The van der Waals surface area contributed by atoms with Crippen LogP contribution in [0.5, 0.6) is 5.75 Å². The lowest BCUT2D eigenvalue weighted by Gasteiger charge is -2.34. The maximum atomic E-state index is 13.1. The number of aromatic nitrogens is 2. The molecule has 8 heteroatoms. The van der Waals surface area contributed by atoms with Crippen molar-refractivity contribution >= 4 is 5.91 Å². The topological polar surface area (TPSA) is 98.8 Å². The summed E-state index contributed by atoms with van der Waals surface area (Å²) in [7, 11) is 0. The zero-order valence-electron chi connectivity index (χ0n) is 19.6. The molecule has 178 valence electrons. The van der Waals surface area contributed by atoms with Gasteiger partial charge in [0.25, 0.3) is 5.91 Å². The van der Waals surface area contributed by atoms with Crippen LogP contribution in [0.3, 0.4) is 0 Å². The second-order valence-electron chi connectivity index (χ2n) is 8.40. The monoisotopic (exact) mass is 462 g/mol. The predicted molar refractivity (Wildman–Crippen MR) is 131 cm³/mol. The summed E-state index contributed by atoms with van der Waals surface area (Å²) < 4.78 is 5.43. The van der Waals surface area contributed by atoms with Gasteiger partial charge in [0.05, 0.1) is 18.0 Å². The van der Waals surface area contributed by atoms with Gasteiger partial charge in [0, 0.05) is 50.5 Å². The fourth-order valence-electron chi connectivity index (χ4n) is 4.09. The summed E-state index contributed by atoms with van der Waals surface area (Å²) >= 11 is 0. The molecule has 2 N–H and O–H groups in total. The number of ether oxygens (including phenoxy) is 1. The summed E-state index contributed by atoms with van der Waals surface area (Å²) in [6, 6.07) is 14.2. The Kier molecular flexibility index (Phi) is 7.40. The molecule has 34 heavy (non-hydrogen) atoms. The Bertz CT molecular complexity index is 1220. The number of phenols is 1. The Morgan fingerprint density at radius 1 is 1.09 bits per heavy atom. The third-order valence-corrected chi connectivity index (χ3v) is 6.07. The van der Waals surface area contributed by atoms with Gasteiger partial charge in [-0.05, 0) is 61.4 Å². The molecule has 2 heterocycles. The molecule has 1 aliphatic heterocycles. The van der Waals surface area contributed by atoms with E-state index < -0.39 is 5.69 Å². The van der Waals surface area contributed by atoms with Crippen molar-refractivity contribution in [2.45, 2.75) is 13.8 Å². The number of nitrogens with zero attached hydrogens (tertiary/aromatic N) is 3. The van der Waals surface area contributed by atoms with E-state index in [-0.39, 0.29) is 11.7 Å². The van der Waals surface area contributed by atoms with Crippen molar-refractivity contribution in [1.82, 2.24) is 19.8 Å². The first-order valence-electron chi connectivity index (χ1n) is 11.6. The minimum atomic E-state index is -0.474. The molecule has 1 aromatic heterocycles. The first-order valence-corrected chi connectivity index (χ1v) is 11.6. The number of nitrogens with one attached hydrogen (secondary N) is 1. The Morgan fingerprint density at radius 2 is 1.88 bits per heavy atom. The quantitative estimate of drug-likeness (QED) is 0.524. The Balaban J connectivity index is 1.51. The molecule has 8 nitrogen and oxygen atoms in total. The lowest BCUT2D eigenvalue weighted by Crippen LogP contribution is -2.49. The van der Waals surface area contributed by atoms with Crippen molar-refractivity contribution in [3.8, 4) is 28.3 Å². The summed E-state index contributed by atoms with van der Waals surface area (Å²) in [4.78, 5) is 36.5. The fourth-order valence-corrected chi connectivity index (χ4v) is 4.09. The number of aryl methyl sites for hydroxylation is 1. The number of phenolic OH excluding ortho intramolecular Hbond substituents is 1. The molecule has 0 atom stereocenters. The molecule has 4 rings (SSSR count). The maximum absolute atomic E-state index is 13.1. The van der Waals surface area contributed by atoms with Crippen LogP contribution < -0.4 is 5.69 Å². The van der Waals surface area contributed by atoms with Crippen molar-refractivity contribution in [2.24, 2.45) is 0 Å². The Hall–Kier alpha value is -3.49. The largest absolute Gasteiger partial charge is 0.508 e. The van der Waals surface area contributed by atoms with Gasteiger partial charge in [-0.25, -0.2) is 4.79 Å². The van der Waals surface area contributed by atoms with Crippen LogP contribution in [-0.4, -0.2) is 76.7 Å². The van der Waals surface area contributed by atoms with E-state index in [9.17, 15) is 14.7 Å². The average Bonchev–Trinajstić information content (AvgIpc) is 2.85. The lowest BCUT2D eigenvalue weighted by molar-refractivity contribution is 0.0565. The maximum Gasteiger partial charge on any atom is 0.345 e. The third kappa shape index (κ3) is 5.52. The van der Waals surface area contributed by atoms with Gasteiger partial charge in [0.1, 0.15) is 5.75 Å². The SMILES string of the molecule is CCOCCN1CCN(C(=O)c2cccc(-c3cc(-c4ccc(O)c(C)c4)[nH]c(=O)n3)c2)CC1. The number of benzene rings is 2. The number of carbonyl (C=O) groups excluding carboxylic acids is 1. The summed E-state index contributed by atoms with van der Waals surface area (Å²) in [6.45, 7) is 9.07. The van der Waals surface area contributed by atoms with Gasteiger partial charge in [-0.1, -0.05) is 12.1 Å². The normalized spacial score (nSPS) is 14.4. The van der Waals surface area contributed by atoms with Gasteiger partial charge in [-0.15, -0.1) is 0 Å². The summed E-state index contributed by atoms with van der Waals surface area (Å²) in [5.41, 5.74) is 3.36. The molecular weight excluding hydrogens is 432 g/mol. The van der Waals surface area contributed by atoms with Crippen LogP contribution in [0.15, 0.2) is 53.3 Å². The molecule has 0 radical (unpaired) electrons. The number of hydrogen-bond donors (Lipinski definition) is 2. The summed E-state index contributed by atoms with van der Waals surface area (Å²) in [5, 5.41) is 9.80.